The van der Waals surface area contributed by atoms with Gasteiger partial charge in [-0.1, -0.05) is 6.92 Å². The van der Waals surface area contributed by atoms with Gasteiger partial charge in [0.05, 0.1) is 22.1 Å². The lowest BCUT2D eigenvalue weighted by molar-refractivity contribution is 0.429. The van der Waals surface area contributed by atoms with Gasteiger partial charge in [0.25, 0.3) is 0 Å². The number of aromatic nitrogens is 2. The van der Waals surface area contributed by atoms with E-state index < -0.39 is 0 Å². The molecule has 0 radical (unpaired) electrons. The summed E-state index contributed by atoms with van der Waals surface area (Å²) in [5.41, 5.74) is 0. The molecule has 5 heteroatoms. The standard InChI is InChI=1S/C11H15N3OS/c1-4-12-7(2)11-14-5-9(15-11)10-6-13-8(3)16-10/h5-7,12H,4H2,1-3H3. The van der Waals surface area contributed by atoms with Gasteiger partial charge in [-0.3, -0.25) is 0 Å². The molecule has 0 aliphatic rings. The van der Waals surface area contributed by atoms with Crippen LogP contribution in [0.15, 0.2) is 16.8 Å². The first-order chi connectivity index (χ1) is 7.70. The highest BCUT2D eigenvalue weighted by Gasteiger charge is 2.13. The number of thiazole rings is 1. The van der Waals surface area contributed by atoms with Crippen molar-refractivity contribution >= 4 is 11.3 Å². The van der Waals surface area contributed by atoms with Crippen molar-refractivity contribution in [1.82, 2.24) is 15.3 Å². The molecule has 0 aliphatic heterocycles. The number of nitrogens with one attached hydrogen (secondary N) is 1. The van der Waals surface area contributed by atoms with Gasteiger partial charge >= 0.3 is 0 Å². The molecule has 0 aliphatic carbocycles. The zero-order chi connectivity index (χ0) is 11.5. The molecule has 1 N–H and O–H groups in total. The lowest BCUT2D eigenvalue weighted by Gasteiger charge is -2.06. The summed E-state index contributed by atoms with van der Waals surface area (Å²) in [6.07, 6.45) is 3.58. The van der Waals surface area contributed by atoms with E-state index in [4.69, 9.17) is 4.42 Å². The van der Waals surface area contributed by atoms with Crippen LogP contribution in [0.2, 0.25) is 0 Å². The van der Waals surface area contributed by atoms with Gasteiger partial charge in [-0.05, 0) is 20.4 Å². The van der Waals surface area contributed by atoms with Gasteiger partial charge in [0.1, 0.15) is 0 Å². The normalized spacial score (nSPS) is 12.9. The van der Waals surface area contributed by atoms with Crippen molar-refractivity contribution in [3.63, 3.8) is 0 Å². The van der Waals surface area contributed by atoms with Gasteiger partial charge in [-0.2, -0.15) is 0 Å². The summed E-state index contributed by atoms with van der Waals surface area (Å²) < 4.78 is 5.69. The van der Waals surface area contributed by atoms with Gasteiger partial charge in [-0.25, -0.2) is 9.97 Å². The maximum absolute atomic E-state index is 5.69. The molecule has 2 heterocycles. The number of hydrogen-bond donors (Lipinski definition) is 1. The van der Waals surface area contributed by atoms with Crippen LogP contribution in [0, 0.1) is 6.92 Å². The van der Waals surface area contributed by atoms with Crippen LogP contribution in [0.25, 0.3) is 10.6 Å². The molecule has 0 saturated carbocycles. The topological polar surface area (TPSA) is 51.0 Å². The first-order valence-corrected chi connectivity index (χ1v) is 6.14. The van der Waals surface area contributed by atoms with Crippen molar-refractivity contribution in [2.24, 2.45) is 0 Å². The molecule has 2 aromatic heterocycles. The Hall–Kier alpha value is -1.20. The number of oxazole rings is 1. The molecule has 16 heavy (non-hydrogen) atoms. The molecule has 0 amide bonds. The average Bonchev–Trinajstić information content (AvgIpc) is 2.85. The van der Waals surface area contributed by atoms with Crippen LogP contribution < -0.4 is 5.32 Å². The molecule has 1 atom stereocenters. The Kier molecular flexibility index (Phi) is 3.36. The first kappa shape index (κ1) is 11.3. The predicted octanol–water partition coefficient (Wildman–Crippen LogP) is 2.78. The van der Waals surface area contributed by atoms with Crippen molar-refractivity contribution in [3.8, 4) is 10.6 Å². The lowest BCUT2D eigenvalue weighted by atomic mass is 10.3. The number of nitrogens with zero attached hydrogens (tertiary/aromatic N) is 2. The van der Waals surface area contributed by atoms with Crippen LogP contribution >= 0.6 is 11.3 Å². The van der Waals surface area contributed by atoms with E-state index in [9.17, 15) is 0 Å². The Bertz CT molecular complexity index is 463. The Labute approximate surface area is 98.7 Å². The zero-order valence-corrected chi connectivity index (χ0v) is 10.5. The molecule has 0 aromatic carbocycles. The van der Waals surface area contributed by atoms with E-state index in [1.54, 1.807) is 17.5 Å². The monoisotopic (exact) mass is 237 g/mol. The first-order valence-electron chi connectivity index (χ1n) is 5.32. The van der Waals surface area contributed by atoms with Crippen molar-refractivity contribution < 1.29 is 4.42 Å². The van der Waals surface area contributed by atoms with Crippen molar-refractivity contribution in [1.29, 1.82) is 0 Å². The Balaban J connectivity index is 2.19. The third kappa shape index (κ3) is 2.31. The van der Waals surface area contributed by atoms with E-state index in [2.05, 4.69) is 22.2 Å². The summed E-state index contributed by atoms with van der Waals surface area (Å²) in [6.45, 7) is 6.98. The lowest BCUT2D eigenvalue weighted by Crippen LogP contribution is -2.17. The molecule has 2 rings (SSSR count). The Morgan fingerprint density at radius 1 is 1.44 bits per heavy atom. The second-order valence-electron chi connectivity index (χ2n) is 3.59. The van der Waals surface area contributed by atoms with Gasteiger partial charge in [0.2, 0.25) is 5.89 Å². The second kappa shape index (κ2) is 4.76. The minimum Gasteiger partial charge on any atom is -0.438 e. The third-order valence-electron chi connectivity index (χ3n) is 2.27. The summed E-state index contributed by atoms with van der Waals surface area (Å²) in [6, 6.07) is 0.146. The van der Waals surface area contributed by atoms with E-state index >= 15 is 0 Å². The van der Waals surface area contributed by atoms with Crippen molar-refractivity contribution in [2.75, 3.05) is 6.54 Å². The summed E-state index contributed by atoms with van der Waals surface area (Å²) in [7, 11) is 0. The maximum Gasteiger partial charge on any atom is 0.211 e. The van der Waals surface area contributed by atoms with Crippen molar-refractivity contribution in [3.05, 3.63) is 23.3 Å². The Morgan fingerprint density at radius 3 is 2.88 bits per heavy atom. The van der Waals surface area contributed by atoms with Crippen LogP contribution in [0.1, 0.15) is 30.8 Å². The van der Waals surface area contributed by atoms with Gasteiger partial charge in [-0.15, -0.1) is 11.3 Å². The summed E-state index contributed by atoms with van der Waals surface area (Å²) >= 11 is 1.61. The minimum atomic E-state index is 0.146. The largest absolute Gasteiger partial charge is 0.438 e. The van der Waals surface area contributed by atoms with Gasteiger partial charge in [0.15, 0.2) is 5.76 Å². The summed E-state index contributed by atoms with van der Waals surface area (Å²) in [5, 5.41) is 4.30. The zero-order valence-electron chi connectivity index (χ0n) is 9.65. The molecular weight excluding hydrogens is 222 g/mol. The van der Waals surface area contributed by atoms with E-state index in [-0.39, 0.29) is 6.04 Å². The van der Waals surface area contributed by atoms with Crippen LogP contribution in [0.3, 0.4) is 0 Å². The fraction of sp³-hybridized carbons (Fsp3) is 0.455. The molecule has 1 unspecified atom stereocenters. The second-order valence-corrected chi connectivity index (χ2v) is 4.82. The molecule has 0 bridgehead atoms. The molecule has 4 nitrogen and oxygen atoms in total. The van der Waals surface area contributed by atoms with Crippen LogP contribution in [0.4, 0.5) is 0 Å². The van der Waals surface area contributed by atoms with Crippen LogP contribution in [-0.2, 0) is 0 Å². The Morgan fingerprint density at radius 2 is 2.25 bits per heavy atom. The molecule has 0 fully saturated rings. The molecule has 2 aromatic rings. The maximum atomic E-state index is 5.69. The van der Waals surface area contributed by atoms with Crippen LogP contribution in [-0.4, -0.2) is 16.5 Å². The fourth-order valence-electron chi connectivity index (χ4n) is 1.47. The highest BCUT2D eigenvalue weighted by Crippen LogP contribution is 2.27. The highest BCUT2D eigenvalue weighted by atomic mass is 32.1. The molecule has 86 valence electrons. The quantitative estimate of drug-likeness (QED) is 0.888. The third-order valence-corrected chi connectivity index (χ3v) is 3.20. The van der Waals surface area contributed by atoms with Crippen molar-refractivity contribution in [2.45, 2.75) is 26.8 Å². The predicted molar refractivity (Wildman–Crippen MR) is 64.4 cm³/mol. The van der Waals surface area contributed by atoms with E-state index in [0.29, 0.717) is 0 Å². The van der Waals surface area contributed by atoms with E-state index in [1.807, 2.05) is 20.0 Å². The average molecular weight is 237 g/mol. The molecule has 0 saturated heterocycles. The summed E-state index contributed by atoms with van der Waals surface area (Å²) in [5.74, 6) is 1.52. The summed E-state index contributed by atoms with van der Waals surface area (Å²) in [4.78, 5) is 9.50. The minimum absolute atomic E-state index is 0.146. The van der Waals surface area contributed by atoms with Gasteiger partial charge in [0, 0.05) is 6.20 Å². The number of aryl methyl sites for hydroxylation is 1. The molecular formula is C11H15N3OS. The van der Waals surface area contributed by atoms with Crippen LogP contribution in [0.5, 0.6) is 0 Å². The van der Waals surface area contributed by atoms with E-state index in [1.165, 1.54) is 0 Å². The number of rotatable bonds is 4. The van der Waals surface area contributed by atoms with Gasteiger partial charge < -0.3 is 9.73 Å². The van der Waals surface area contributed by atoms with E-state index in [0.717, 1.165) is 28.1 Å². The molecule has 0 spiro atoms. The SMILES string of the molecule is CCNC(C)c1ncc(-c2cnc(C)s2)o1. The highest BCUT2D eigenvalue weighted by molar-refractivity contribution is 7.14. The number of hydrogen-bond acceptors (Lipinski definition) is 5. The fourth-order valence-corrected chi connectivity index (χ4v) is 2.19. The smallest absolute Gasteiger partial charge is 0.211 e.